The molecule has 0 aliphatic carbocycles. The summed E-state index contributed by atoms with van der Waals surface area (Å²) in [5.74, 6) is 1.69. The Kier molecular flexibility index (Phi) is 5.21. The van der Waals surface area contributed by atoms with E-state index >= 15 is 0 Å². The number of carbonyl (C=O) groups excluding carboxylic acids is 1. The molecule has 0 spiro atoms. The minimum absolute atomic E-state index is 0.179. The molecule has 0 aromatic heterocycles. The fourth-order valence-electron chi connectivity index (χ4n) is 2.50. The Morgan fingerprint density at radius 3 is 2.75 bits per heavy atom. The fraction of sp³-hybridized carbons (Fsp3) is 0.316. The van der Waals surface area contributed by atoms with Crippen LogP contribution >= 0.6 is 0 Å². The van der Waals surface area contributed by atoms with E-state index in [9.17, 15) is 4.79 Å². The number of ether oxygens (including phenoxy) is 4. The summed E-state index contributed by atoms with van der Waals surface area (Å²) in [6, 6.07) is 13.7. The molecular weight excluding hydrogens is 308 g/mol. The number of benzene rings is 2. The van der Waals surface area contributed by atoms with Crippen LogP contribution in [0, 0.1) is 0 Å². The highest BCUT2D eigenvalue weighted by atomic mass is 16.7. The molecule has 0 bridgehead atoms. The van der Waals surface area contributed by atoms with Crippen LogP contribution in [-0.4, -0.2) is 19.4 Å². The molecule has 0 amide bonds. The van der Waals surface area contributed by atoms with E-state index in [1.807, 2.05) is 42.5 Å². The van der Waals surface area contributed by atoms with Crippen LogP contribution in [0.5, 0.6) is 17.2 Å². The van der Waals surface area contributed by atoms with Gasteiger partial charge in [-0.15, -0.1) is 0 Å². The highest BCUT2D eigenvalue weighted by Crippen LogP contribution is 2.42. The van der Waals surface area contributed by atoms with Crippen molar-refractivity contribution in [1.82, 2.24) is 0 Å². The van der Waals surface area contributed by atoms with Crippen molar-refractivity contribution in [3.63, 3.8) is 0 Å². The van der Waals surface area contributed by atoms with Crippen LogP contribution in [0.3, 0.4) is 0 Å². The maximum absolute atomic E-state index is 11.5. The highest BCUT2D eigenvalue weighted by Gasteiger charge is 2.21. The van der Waals surface area contributed by atoms with Crippen LogP contribution in [0.2, 0.25) is 0 Å². The molecule has 1 aliphatic heterocycles. The molecule has 0 saturated carbocycles. The van der Waals surface area contributed by atoms with Crippen LogP contribution in [0.1, 0.15) is 24.5 Å². The first-order valence-electron chi connectivity index (χ1n) is 8.01. The second-order valence-electron chi connectivity index (χ2n) is 5.41. The number of carbonyl (C=O) groups is 1. The fourth-order valence-corrected chi connectivity index (χ4v) is 2.50. The number of fused-ring (bicyclic) bond motifs is 1. The van der Waals surface area contributed by atoms with Gasteiger partial charge in [-0.25, -0.2) is 0 Å². The number of aryl methyl sites for hydroxylation is 1. The molecule has 0 atom stereocenters. The zero-order valence-electron chi connectivity index (χ0n) is 13.6. The van der Waals surface area contributed by atoms with Crippen molar-refractivity contribution < 1.29 is 23.7 Å². The summed E-state index contributed by atoms with van der Waals surface area (Å²) in [5, 5.41) is 0. The first-order valence-corrected chi connectivity index (χ1v) is 8.01. The lowest BCUT2D eigenvalue weighted by Gasteiger charge is -2.11. The summed E-state index contributed by atoms with van der Waals surface area (Å²) in [7, 11) is 0. The second kappa shape index (κ2) is 7.73. The zero-order chi connectivity index (χ0) is 16.8. The Labute approximate surface area is 141 Å². The van der Waals surface area contributed by atoms with Gasteiger partial charge in [0.2, 0.25) is 12.5 Å². The van der Waals surface area contributed by atoms with Gasteiger partial charge in [0.05, 0.1) is 6.61 Å². The van der Waals surface area contributed by atoms with E-state index in [1.54, 1.807) is 6.92 Å². The third-order valence-corrected chi connectivity index (χ3v) is 3.66. The first-order chi connectivity index (χ1) is 11.8. The average Bonchev–Trinajstić information content (AvgIpc) is 3.08. The molecule has 1 heterocycles. The Morgan fingerprint density at radius 1 is 1.12 bits per heavy atom. The molecule has 24 heavy (non-hydrogen) atoms. The highest BCUT2D eigenvalue weighted by molar-refractivity contribution is 5.70. The lowest BCUT2D eigenvalue weighted by atomic mass is 10.1. The maximum Gasteiger partial charge on any atom is 0.306 e. The van der Waals surface area contributed by atoms with E-state index in [0.29, 0.717) is 43.3 Å². The molecule has 0 fully saturated rings. The third kappa shape index (κ3) is 3.98. The summed E-state index contributed by atoms with van der Waals surface area (Å²) < 4.78 is 21.8. The van der Waals surface area contributed by atoms with E-state index in [-0.39, 0.29) is 12.8 Å². The lowest BCUT2D eigenvalue weighted by molar-refractivity contribution is -0.143. The topological polar surface area (TPSA) is 54.0 Å². The van der Waals surface area contributed by atoms with Gasteiger partial charge in [-0.2, -0.15) is 0 Å². The van der Waals surface area contributed by atoms with Crippen LogP contribution < -0.4 is 14.2 Å². The molecule has 5 nitrogen and oxygen atoms in total. The molecule has 0 radical (unpaired) electrons. The summed E-state index contributed by atoms with van der Waals surface area (Å²) in [4.78, 5) is 11.5. The van der Waals surface area contributed by atoms with Crippen LogP contribution in [0.15, 0.2) is 42.5 Å². The Bertz CT molecular complexity index is 696. The number of hydrogen-bond donors (Lipinski definition) is 0. The summed E-state index contributed by atoms with van der Waals surface area (Å²) >= 11 is 0. The van der Waals surface area contributed by atoms with Crippen molar-refractivity contribution in [3.05, 3.63) is 53.6 Å². The van der Waals surface area contributed by atoms with Gasteiger partial charge in [0.1, 0.15) is 6.61 Å². The quantitative estimate of drug-likeness (QED) is 0.728. The van der Waals surface area contributed by atoms with Crippen molar-refractivity contribution >= 4 is 5.97 Å². The smallest absolute Gasteiger partial charge is 0.306 e. The average molecular weight is 328 g/mol. The van der Waals surface area contributed by atoms with E-state index in [0.717, 1.165) is 11.1 Å². The standard InChI is InChI=1S/C19H20O5/c1-2-21-18(20)9-8-15-10-16(19-17(11-15)23-13-24-19)22-12-14-6-4-3-5-7-14/h3-7,10-11H,2,8-9,12-13H2,1H3. The Hall–Kier alpha value is -2.69. The van der Waals surface area contributed by atoms with E-state index < -0.39 is 0 Å². The molecule has 0 unspecified atom stereocenters. The summed E-state index contributed by atoms with van der Waals surface area (Å²) in [6.07, 6.45) is 0.892. The van der Waals surface area contributed by atoms with Gasteiger partial charge in [-0.05, 0) is 36.6 Å². The van der Waals surface area contributed by atoms with Gasteiger partial charge < -0.3 is 18.9 Å². The molecule has 2 aromatic rings. The van der Waals surface area contributed by atoms with Crippen LogP contribution in [-0.2, 0) is 22.6 Å². The predicted molar refractivity (Wildman–Crippen MR) is 88.3 cm³/mol. The molecule has 0 saturated heterocycles. The van der Waals surface area contributed by atoms with Crippen molar-refractivity contribution in [2.24, 2.45) is 0 Å². The van der Waals surface area contributed by atoms with Gasteiger partial charge in [0.25, 0.3) is 0 Å². The van der Waals surface area contributed by atoms with E-state index in [2.05, 4.69) is 0 Å². The minimum atomic E-state index is -0.207. The molecule has 3 rings (SSSR count). The second-order valence-corrected chi connectivity index (χ2v) is 5.41. The van der Waals surface area contributed by atoms with Gasteiger partial charge in [-0.1, -0.05) is 30.3 Å². The number of hydrogen-bond acceptors (Lipinski definition) is 5. The number of rotatable bonds is 7. The molecule has 2 aromatic carbocycles. The Balaban J connectivity index is 1.71. The maximum atomic E-state index is 11.5. The predicted octanol–water partition coefficient (Wildman–Crippen LogP) is 3.49. The zero-order valence-corrected chi connectivity index (χ0v) is 13.6. The van der Waals surface area contributed by atoms with Gasteiger partial charge in [0.15, 0.2) is 11.5 Å². The van der Waals surface area contributed by atoms with Crippen LogP contribution in [0.25, 0.3) is 0 Å². The minimum Gasteiger partial charge on any atom is -0.485 e. The third-order valence-electron chi connectivity index (χ3n) is 3.66. The summed E-state index contributed by atoms with van der Waals surface area (Å²) in [6.45, 7) is 2.82. The monoisotopic (exact) mass is 328 g/mol. The van der Waals surface area contributed by atoms with Crippen LogP contribution in [0.4, 0.5) is 0 Å². The van der Waals surface area contributed by atoms with Gasteiger partial charge in [0, 0.05) is 6.42 Å². The SMILES string of the molecule is CCOC(=O)CCc1cc2c(c(OCc3ccccc3)c1)OCO2. The van der Waals surface area contributed by atoms with Gasteiger partial charge in [-0.3, -0.25) is 4.79 Å². The molecule has 5 heteroatoms. The molecule has 0 N–H and O–H groups in total. The summed E-state index contributed by atoms with van der Waals surface area (Å²) in [5.41, 5.74) is 2.03. The van der Waals surface area contributed by atoms with Gasteiger partial charge >= 0.3 is 5.97 Å². The number of esters is 1. The van der Waals surface area contributed by atoms with E-state index in [4.69, 9.17) is 18.9 Å². The first kappa shape index (κ1) is 16.2. The lowest BCUT2D eigenvalue weighted by Crippen LogP contribution is -2.05. The van der Waals surface area contributed by atoms with Crippen molar-refractivity contribution in [2.75, 3.05) is 13.4 Å². The largest absolute Gasteiger partial charge is 0.485 e. The van der Waals surface area contributed by atoms with Crippen molar-refractivity contribution in [3.8, 4) is 17.2 Å². The molecule has 1 aliphatic rings. The Morgan fingerprint density at radius 2 is 1.96 bits per heavy atom. The molecule has 126 valence electrons. The van der Waals surface area contributed by atoms with Crippen molar-refractivity contribution in [1.29, 1.82) is 0 Å². The van der Waals surface area contributed by atoms with Crippen molar-refractivity contribution in [2.45, 2.75) is 26.4 Å². The molecular formula is C19H20O5. The normalized spacial score (nSPS) is 12.0. The van der Waals surface area contributed by atoms with E-state index in [1.165, 1.54) is 0 Å².